The maximum Gasteiger partial charge on any atom is 0.315 e. The average molecular weight is 326 g/mol. The van der Waals surface area contributed by atoms with E-state index < -0.39 is 0 Å². The SMILES string of the molecule is CCC(=O)c1ccc(OC(=O)Cc2ccc3c(c2)OCCO3)cc1. The Hall–Kier alpha value is -2.82. The van der Waals surface area contributed by atoms with Crippen molar-refractivity contribution < 1.29 is 23.8 Å². The zero-order valence-corrected chi connectivity index (χ0v) is 13.4. The predicted octanol–water partition coefficient (Wildman–Crippen LogP) is 3.20. The van der Waals surface area contributed by atoms with E-state index in [-0.39, 0.29) is 18.2 Å². The number of rotatable bonds is 5. The van der Waals surface area contributed by atoms with E-state index in [1.54, 1.807) is 36.4 Å². The molecular weight excluding hydrogens is 308 g/mol. The minimum atomic E-state index is -0.374. The third-order valence-electron chi connectivity index (χ3n) is 3.68. The summed E-state index contributed by atoms with van der Waals surface area (Å²) in [4.78, 5) is 23.6. The van der Waals surface area contributed by atoms with Crippen LogP contribution in [0, 0.1) is 0 Å². The zero-order chi connectivity index (χ0) is 16.9. The molecule has 0 unspecified atom stereocenters. The summed E-state index contributed by atoms with van der Waals surface area (Å²) in [5, 5.41) is 0. The minimum Gasteiger partial charge on any atom is -0.486 e. The Kier molecular flexibility index (Phi) is 4.79. The topological polar surface area (TPSA) is 61.8 Å². The van der Waals surface area contributed by atoms with Crippen molar-refractivity contribution in [2.24, 2.45) is 0 Å². The number of ether oxygens (including phenoxy) is 3. The van der Waals surface area contributed by atoms with Crippen molar-refractivity contribution in [3.8, 4) is 17.2 Å². The molecule has 0 amide bonds. The third kappa shape index (κ3) is 3.74. The summed E-state index contributed by atoms with van der Waals surface area (Å²) >= 11 is 0. The van der Waals surface area contributed by atoms with Crippen LogP contribution in [0.25, 0.3) is 0 Å². The molecule has 5 nitrogen and oxygen atoms in total. The first-order valence-electron chi connectivity index (χ1n) is 7.88. The van der Waals surface area contributed by atoms with Gasteiger partial charge in [-0.2, -0.15) is 0 Å². The summed E-state index contributed by atoms with van der Waals surface area (Å²) in [6.45, 7) is 2.85. The number of hydrogen-bond donors (Lipinski definition) is 0. The molecule has 5 heteroatoms. The molecule has 1 aliphatic rings. The van der Waals surface area contributed by atoms with Crippen LogP contribution in [0.1, 0.15) is 29.3 Å². The van der Waals surface area contributed by atoms with Crippen LogP contribution in [-0.4, -0.2) is 25.0 Å². The number of carbonyl (C=O) groups excluding carboxylic acids is 2. The van der Waals surface area contributed by atoms with Crippen molar-refractivity contribution in [1.29, 1.82) is 0 Å². The highest BCUT2D eigenvalue weighted by Gasteiger charge is 2.14. The minimum absolute atomic E-state index is 0.0594. The predicted molar refractivity (Wildman–Crippen MR) is 87.8 cm³/mol. The van der Waals surface area contributed by atoms with Gasteiger partial charge >= 0.3 is 5.97 Å². The van der Waals surface area contributed by atoms with Crippen molar-refractivity contribution in [3.63, 3.8) is 0 Å². The van der Waals surface area contributed by atoms with Crippen LogP contribution in [0.5, 0.6) is 17.2 Å². The number of hydrogen-bond acceptors (Lipinski definition) is 5. The van der Waals surface area contributed by atoms with E-state index in [1.165, 1.54) is 0 Å². The van der Waals surface area contributed by atoms with Crippen LogP contribution in [-0.2, 0) is 11.2 Å². The largest absolute Gasteiger partial charge is 0.486 e. The highest BCUT2D eigenvalue weighted by atomic mass is 16.6. The lowest BCUT2D eigenvalue weighted by molar-refractivity contribution is -0.133. The second-order valence-corrected chi connectivity index (χ2v) is 5.43. The highest BCUT2D eigenvalue weighted by molar-refractivity contribution is 5.95. The van der Waals surface area contributed by atoms with Crippen LogP contribution in [0.2, 0.25) is 0 Å². The molecule has 1 aliphatic heterocycles. The Labute approximate surface area is 140 Å². The van der Waals surface area contributed by atoms with Gasteiger partial charge in [-0.25, -0.2) is 0 Å². The van der Waals surface area contributed by atoms with E-state index in [9.17, 15) is 9.59 Å². The van der Waals surface area contributed by atoms with Crippen molar-refractivity contribution >= 4 is 11.8 Å². The van der Waals surface area contributed by atoms with Crippen molar-refractivity contribution in [2.75, 3.05) is 13.2 Å². The molecule has 124 valence electrons. The third-order valence-corrected chi connectivity index (χ3v) is 3.68. The molecule has 24 heavy (non-hydrogen) atoms. The standard InChI is InChI=1S/C19H18O5/c1-2-16(20)14-4-6-15(7-5-14)24-19(21)12-13-3-8-17-18(11-13)23-10-9-22-17/h3-8,11H,2,9-10,12H2,1H3. The van der Waals surface area contributed by atoms with E-state index >= 15 is 0 Å². The molecule has 0 saturated carbocycles. The Morgan fingerprint density at radius 3 is 2.42 bits per heavy atom. The lowest BCUT2D eigenvalue weighted by Crippen LogP contribution is -2.16. The average Bonchev–Trinajstić information content (AvgIpc) is 2.61. The van der Waals surface area contributed by atoms with E-state index in [0.717, 1.165) is 5.56 Å². The van der Waals surface area contributed by atoms with Gasteiger partial charge in [-0.3, -0.25) is 9.59 Å². The fourth-order valence-corrected chi connectivity index (χ4v) is 2.44. The van der Waals surface area contributed by atoms with Crippen LogP contribution in [0.4, 0.5) is 0 Å². The van der Waals surface area contributed by atoms with Gasteiger partial charge in [0.05, 0.1) is 6.42 Å². The molecule has 0 spiro atoms. The number of fused-ring (bicyclic) bond motifs is 1. The molecular formula is C19H18O5. The van der Waals surface area contributed by atoms with Gasteiger partial charge in [0.15, 0.2) is 17.3 Å². The van der Waals surface area contributed by atoms with E-state index in [2.05, 4.69) is 0 Å². The number of esters is 1. The molecule has 2 aromatic carbocycles. The molecule has 0 bridgehead atoms. The molecule has 0 N–H and O–H groups in total. The van der Waals surface area contributed by atoms with Crippen LogP contribution >= 0.6 is 0 Å². The van der Waals surface area contributed by atoms with E-state index in [4.69, 9.17) is 14.2 Å². The molecule has 1 heterocycles. The molecule has 2 aromatic rings. The maximum atomic E-state index is 12.1. The Bertz CT molecular complexity index is 749. The van der Waals surface area contributed by atoms with Crippen LogP contribution < -0.4 is 14.2 Å². The molecule has 0 aromatic heterocycles. The summed E-state index contributed by atoms with van der Waals surface area (Å²) in [7, 11) is 0. The quantitative estimate of drug-likeness (QED) is 0.480. The van der Waals surface area contributed by atoms with Crippen molar-refractivity contribution in [2.45, 2.75) is 19.8 Å². The number of carbonyl (C=O) groups is 2. The van der Waals surface area contributed by atoms with Crippen molar-refractivity contribution in [1.82, 2.24) is 0 Å². The molecule has 0 aliphatic carbocycles. The van der Waals surface area contributed by atoms with Crippen LogP contribution in [0.3, 0.4) is 0 Å². The van der Waals surface area contributed by atoms with Gasteiger partial charge in [0.2, 0.25) is 0 Å². The van der Waals surface area contributed by atoms with E-state index in [1.807, 2.05) is 13.0 Å². The highest BCUT2D eigenvalue weighted by Crippen LogP contribution is 2.31. The van der Waals surface area contributed by atoms with Gasteiger partial charge in [-0.05, 0) is 42.0 Å². The molecule has 0 saturated heterocycles. The lowest BCUT2D eigenvalue weighted by atomic mass is 10.1. The Morgan fingerprint density at radius 1 is 1.00 bits per heavy atom. The van der Waals surface area contributed by atoms with Gasteiger partial charge in [0, 0.05) is 12.0 Å². The first kappa shape index (κ1) is 16.1. The Morgan fingerprint density at radius 2 is 1.71 bits per heavy atom. The van der Waals surface area contributed by atoms with Gasteiger partial charge in [-0.1, -0.05) is 13.0 Å². The maximum absolute atomic E-state index is 12.1. The Balaban J connectivity index is 1.62. The summed E-state index contributed by atoms with van der Waals surface area (Å²) in [6.07, 6.45) is 0.579. The normalized spacial score (nSPS) is 12.5. The number of Topliss-reactive ketones (excluding diaryl/α,β-unsaturated/α-hetero) is 1. The molecule has 0 atom stereocenters. The summed E-state index contributed by atoms with van der Waals surface area (Å²) in [5.41, 5.74) is 1.41. The van der Waals surface area contributed by atoms with E-state index in [0.29, 0.717) is 42.4 Å². The second kappa shape index (κ2) is 7.17. The summed E-state index contributed by atoms with van der Waals surface area (Å²) in [5.74, 6) is 1.44. The molecule has 0 radical (unpaired) electrons. The summed E-state index contributed by atoms with van der Waals surface area (Å²) in [6, 6.07) is 12.0. The monoisotopic (exact) mass is 326 g/mol. The fraction of sp³-hybridized carbons (Fsp3) is 0.263. The van der Waals surface area contributed by atoms with Crippen LogP contribution in [0.15, 0.2) is 42.5 Å². The first-order valence-corrected chi connectivity index (χ1v) is 7.88. The number of ketones is 1. The smallest absolute Gasteiger partial charge is 0.315 e. The van der Waals surface area contributed by atoms with Crippen molar-refractivity contribution in [3.05, 3.63) is 53.6 Å². The summed E-state index contributed by atoms with van der Waals surface area (Å²) < 4.78 is 16.3. The molecule has 3 rings (SSSR count). The first-order chi connectivity index (χ1) is 11.7. The second-order valence-electron chi connectivity index (χ2n) is 5.43. The number of benzene rings is 2. The van der Waals surface area contributed by atoms with Gasteiger partial charge in [0.25, 0.3) is 0 Å². The lowest BCUT2D eigenvalue weighted by Gasteiger charge is -2.18. The van der Waals surface area contributed by atoms with Gasteiger partial charge in [-0.15, -0.1) is 0 Å². The molecule has 0 fully saturated rings. The zero-order valence-electron chi connectivity index (χ0n) is 13.4. The fourth-order valence-electron chi connectivity index (χ4n) is 2.44. The van der Waals surface area contributed by atoms with Gasteiger partial charge < -0.3 is 14.2 Å². The van der Waals surface area contributed by atoms with Gasteiger partial charge in [0.1, 0.15) is 19.0 Å².